The van der Waals surface area contributed by atoms with Crippen LogP contribution >= 0.6 is 27.3 Å². The Labute approximate surface area is 132 Å². The minimum absolute atomic E-state index is 0.358. The van der Waals surface area contributed by atoms with Crippen molar-refractivity contribution in [2.45, 2.75) is 24.8 Å². The smallest absolute Gasteiger partial charge is 0.0325 e. The van der Waals surface area contributed by atoms with Crippen molar-refractivity contribution in [1.82, 2.24) is 4.90 Å². The molecule has 0 radical (unpaired) electrons. The second-order valence-electron chi connectivity index (χ2n) is 5.81. The number of nitrogens with zero attached hydrogens (tertiary/aromatic N) is 1. The van der Waals surface area contributed by atoms with Gasteiger partial charge in [0.2, 0.25) is 0 Å². The molecule has 0 bridgehead atoms. The van der Waals surface area contributed by atoms with Gasteiger partial charge in [0.25, 0.3) is 0 Å². The van der Waals surface area contributed by atoms with E-state index in [1.54, 1.807) is 0 Å². The molecule has 20 heavy (non-hydrogen) atoms. The molecule has 0 spiro atoms. The average molecular weight is 351 g/mol. The number of hydrogen-bond donors (Lipinski definition) is 1. The molecular formula is C16H19BrN2S. The topological polar surface area (TPSA) is 29.3 Å². The summed E-state index contributed by atoms with van der Waals surface area (Å²) in [7, 11) is 2.21. The normalized spacial score (nSPS) is 16.6. The zero-order valence-corrected chi connectivity index (χ0v) is 14.0. The molecule has 2 N–H and O–H groups in total. The summed E-state index contributed by atoms with van der Waals surface area (Å²) in [6.45, 7) is 2.14. The van der Waals surface area contributed by atoms with Gasteiger partial charge in [-0.25, -0.2) is 0 Å². The summed E-state index contributed by atoms with van der Waals surface area (Å²) in [5, 5.41) is 2.15. The minimum Gasteiger partial charge on any atom is -0.399 e. The highest BCUT2D eigenvalue weighted by Gasteiger charge is 2.44. The van der Waals surface area contributed by atoms with Gasteiger partial charge in [-0.05, 0) is 59.6 Å². The average Bonchev–Trinajstić information content (AvgIpc) is 3.06. The van der Waals surface area contributed by atoms with Gasteiger partial charge in [0.15, 0.2) is 0 Å². The van der Waals surface area contributed by atoms with Gasteiger partial charge in [0.05, 0.1) is 0 Å². The summed E-state index contributed by atoms with van der Waals surface area (Å²) in [6.07, 6.45) is 2.57. The molecule has 0 atom stereocenters. The van der Waals surface area contributed by atoms with E-state index in [1.807, 2.05) is 23.5 Å². The molecule has 4 heteroatoms. The largest absolute Gasteiger partial charge is 0.399 e. The van der Waals surface area contributed by atoms with Crippen LogP contribution in [0.4, 0.5) is 5.69 Å². The summed E-state index contributed by atoms with van der Waals surface area (Å²) in [4.78, 5) is 3.84. The molecule has 0 unspecified atom stereocenters. The molecule has 0 saturated heterocycles. The van der Waals surface area contributed by atoms with Crippen LogP contribution in [0.3, 0.4) is 0 Å². The van der Waals surface area contributed by atoms with E-state index in [0.717, 1.165) is 18.8 Å². The number of anilines is 1. The molecular weight excluding hydrogens is 332 g/mol. The molecule has 1 aliphatic carbocycles. The van der Waals surface area contributed by atoms with Crippen molar-refractivity contribution in [1.29, 1.82) is 0 Å². The van der Waals surface area contributed by atoms with Gasteiger partial charge in [0.1, 0.15) is 0 Å². The number of rotatable bonds is 5. The molecule has 1 aliphatic rings. The van der Waals surface area contributed by atoms with Gasteiger partial charge in [-0.1, -0.05) is 12.1 Å². The van der Waals surface area contributed by atoms with E-state index in [-0.39, 0.29) is 0 Å². The number of hydrogen-bond acceptors (Lipinski definition) is 3. The number of likely N-dealkylation sites (N-methyl/N-ethyl adjacent to an activating group) is 1. The van der Waals surface area contributed by atoms with Crippen molar-refractivity contribution < 1.29 is 0 Å². The third kappa shape index (κ3) is 3.08. The maximum Gasteiger partial charge on any atom is 0.0325 e. The Morgan fingerprint density at radius 3 is 2.55 bits per heavy atom. The Hall–Kier alpha value is -0.840. The molecule has 2 aromatic rings. The summed E-state index contributed by atoms with van der Waals surface area (Å²) in [5.41, 5.74) is 8.43. The van der Waals surface area contributed by atoms with Crippen molar-refractivity contribution in [3.05, 3.63) is 50.6 Å². The van der Waals surface area contributed by atoms with Crippen LogP contribution in [0.5, 0.6) is 0 Å². The molecule has 0 amide bonds. The Kier molecular flexibility index (Phi) is 3.89. The fourth-order valence-electron chi connectivity index (χ4n) is 2.80. The van der Waals surface area contributed by atoms with Crippen LogP contribution in [0.25, 0.3) is 0 Å². The van der Waals surface area contributed by atoms with Crippen LogP contribution in [-0.4, -0.2) is 18.5 Å². The maximum atomic E-state index is 5.78. The molecule has 1 aromatic heterocycles. The fourth-order valence-corrected chi connectivity index (χ4v) is 4.33. The maximum absolute atomic E-state index is 5.78. The number of thiophene rings is 1. The van der Waals surface area contributed by atoms with Gasteiger partial charge in [0, 0.05) is 38.9 Å². The van der Waals surface area contributed by atoms with E-state index >= 15 is 0 Å². The van der Waals surface area contributed by atoms with E-state index in [1.165, 1.54) is 27.8 Å². The molecule has 1 saturated carbocycles. The number of halogens is 1. The van der Waals surface area contributed by atoms with Gasteiger partial charge in [-0.3, -0.25) is 0 Å². The Balaban J connectivity index is 1.66. The van der Waals surface area contributed by atoms with Crippen LogP contribution < -0.4 is 5.73 Å². The third-order valence-electron chi connectivity index (χ3n) is 4.00. The SMILES string of the molecule is CN(Cc1cc(Br)cs1)CC1(c2ccc(N)cc2)CC1. The minimum atomic E-state index is 0.358. The number of benzene rings is 1. The predicted molar refractivity (Wildman–Crippen MR) is 90.1 cm³/mol. The van der Waals surface area contributed by atoms with Gasteiger partial charge < -0.3 is 10.6 Å². The lowest BCUT2D eigenvalue weighted by atomic mass is 9.95. The molecule has 1 fully saturated rings. The fraction of sp³-hybridized carbons (Fsp3) is 0.375. The Bertz CT molecular complexity index is 587. The van der Waals surface area contributed by atoms with Crippen LogP contribution in [0.2, 0.25) is 0 Å². The predicted octanol–water partition coefficient (Wildman–Crippen LogP) is 4.26. The zero-order valence-electron chi connectivity index (χ0n) is 11.6. The molecule has 1 heterocycles. The first-order valence-electron chi connectivity index (χ1n) is 6.85. The zero-order chi connectivity index (χ0) is 14.2. The monoisotopic (exact) mass is 350 g/mol. The molecule has 2 nitrogen and oxygen atoms in total. The van der Waals surface area contributed by atoms with Crippen molar-refractivity contribution in [2.75, 3.05) is 19.3 Å². The lowest BCUT2D eigenvalue weighted by Crippen LogP contribution is -2.28. The first-order valence-corrected chi connectivity index (χ1v) is 8.52. The van der Waals surface area contributed by atoms with Gasteiger partial charge in [-0.15, -0.1) is 11.3 Å². The molecule has 1 aromatic carbocycles. The van der Waals surface area contributed by atoms with E-state index in [4.69, 9.17) is 5.73 Å². The highest BCUT2D eigenvalue weighted by molar-refractivity contribution is 9.10. The van der Waals surface area contributed by atoms with Crippen molar-refractivity contribution in [3.63, 3.8) is 0 Å². The highest BCUT2D eigenvalue weighted by atomic mass is 79.9. The van der Waals surface area contributed by atoms with Crippen molar-refractivity contribution >= 4 is 33.0 Å². The highest BCUT2D eigenvalue weighted by Crippen LogP contribution is 2.48. The first kappa shape index (κ1) is 14.1. The molecule has 0 aliphatic heterocycles. The van der Waals surface area contributed by atoms with Crippen LogP contribution in [-0.2, 0) is 12.0 Å². The summed E-state index contributed by atoms with van der Waals surface area (Å²) < 4.78 is 1.19. The van der Waals surface area contributed by atoms with E-state index < -0.39 is 0 Å². The summed E-state index contributed by atoms with van der Waals surface area (Å²) in [5.74, 6) is 0. The third-order valence-corrected chi connectivity index (χ3v) is 5.68. The second-order valence-corrected chi connectivity index (χ2v) is 7.72. The Morgan fingerprint density at radius 2 is 2.00 bits per heavy atom. The van der Waals surface area contributed by atoms with E-state index in [9.17, 15) is 0 Å². The van der Waals surface area contributed by atoms with Gasteiger partial charge >= 0.3 is 0 Å². The lowest BCUT2D eigenvalue weighted by Gasteiger charge is -2.23. The number of nitrogens with two attached hydrogens (primary N) is 1. The molecule has 3 rings (SSSR count). The van der Waals surface area contributed by atoms with E-state index in [2.05, 4.69) is 51.5 Å². The quantitative estimate of drug-likeness (QED) is 0.816. The van der Waals surface area contributed by atoms with Crippen LogP contribution in [0.15, 0.2) is 40.2 Å². The first-order chi connectivity index (χ1) is 9.57. The number of nitrogen functional groups attached to an aromatic ring is 1. The van der Waals surface area contributed by atoms with Crippen molar-refractivity contribution in [2.24, 2.45) is 0 Å². The van der Waals surface area contributed by atoms with Crippen molar-refractivity contribution in [3.8, 4) is 0 Å². The van der Waals surface area contributed by atoms with Crippen LogP contribution in [0.1, 0.15) is 23.3 Å². The molecule has 106 valence electrons. The van der Waals surface area contributed by atoms with Crippen LogP contribution in [0, 0.1) is 0 Å². The summed E-state index contributed by atoms with van der Waals surface area (Å²) >= 11 is 5.34. The standard InChI is InChI=1S/C16H19BrN2S/c1-19(9-15-8-13(17)10-20-15)11-16(6-7-16)12-2-4-14(18)5-3-12/h2-5,8,10H,6-7,9,11,18H2,1H3. The Morgan fingerprint density at radius 1 is 1.30 bits per heavy atom. The summed E-state index contributed by atoms with van der Waals surface area (Å²) in [6, 6.07) is 10.6. The van der Waals surface area contributed by atoms with Gasteiger partial charge in [-0.2, -0.15) is 0 Å². The second kappa shape index (κ2) is 5.51. The lowest BCUT2D eigenvalue weighted by molar-refractivity contribution is 0.297. The van der Waals surface area contributed by atoms with E-state index in [0.29, 0.717) is 5.41 Å².